The Kier molecular flexibility index (Phi) is 7.43. The molecule has 1 aromatic heterocycles. The van der Waals surface area contributed by atoms with Gasteiger partial charge in [-0.2, -0.15) is 0 Å². The number of para-hydroxylation sites is 1. The second-order valence-electron chi connectivity index (χ2n) is 6.56. The van der Waals surface area contributed by atoms with Gasteiger partial charge in [0.2, 0.25) is 5.91 Å². The zero-order chi connectivity index (χ0) is 20.6. The first-order valence-corrected chi connectivity index (χ1v) is 10.6. The van der Waals surface area contributed by atoms with Gasteiger partial charge in [0.05, 0.1) is 22.3 Å². The van der Waals surface area contributed by atoms with Crippen molar-refractivity contribution in [3.05, 3.63) is 64.4 Å². The molecule has 7 heteroatoms. The van der Waals surface area contributed by atoms with Gasteiger partial charge in [0, 0.05) is 20.3 Å². The number of amides is 1. The molecule has 0 aliphatic carbocycles. The molecule has 0 radical (unpaired) electrons. The van der Waals surface area contributed by atoms with Gasteiger partial charge < -0.3 is 10.1 Å². The summed E-state index contributed by atoms with van der Waals surface area (Å²) in [6.45, 7) is 3.25. The van der Waals surface area contributed by atoms with Crippen molar-refractivity contribution in [3.8, 4) is 5.69 Å². The number of methoxy groups -OCH3 is 1. The summed E-state index contributed by atoms with van der Waals surface area (Å²) in [5, 5.41) is 3.92. The molecule has 152 valence electrons. The number of thioether (sulfide) groups is 1. The molecule has 6 nitrogen and oxygen atoms in total. The Labute approximate surface area is 174 Å². The number of aryl methyl sites for hydroxylation is 1. The van der Waals surface area contributed by atoms with E-state index < -0.39 is 0 Å². The topological polar surface area (TPSA) is 73.2 Å². The van der Waals surface area contributed by atoms with Gasteiger partial charge in [0.1, 0.15) is 0 Å². The first-order valence-electron chi connectivity index (χ1n) is 9.63. The van der Waals surface area contributed by atoms with Crippen molar-refractivity contribution in [2.24, 2.45) is 0 Å². The zero-order valence-corrected chi connectivity index (χ0v) is 17.5. The number of benzene rings is 2. The number of carbonyl (C=O) groups is 1. The summed E-state index contributed by atoms with van der Waals surface area (Å²) in [6, 6.07) is 15.1. The van der Waals surface area contributed by atoms with Crippen molar-refractivity contribution in [2.75, 3.05) is 26.0 Å². The quantitative estimate of drug-likeness (QED) is 0.333. The van der Waals surface area contributed by atoms with Crippen molar-refractivity contribution in [1.29, 1.82) is 0 Å². The fourth-order valence-electron chi connectivity index (χ4n) is 2.94. The number of hydrogen-bond acceptors (Lipinski definition) is 5. The van der Waals surface area contributed by atoms with Crippen LogP contribution in [0.15, 0.2) is 58.5 Å². The molecule has 0 fully saturated rings. The number of aromatic nitrogens is 2. The molecule has 0 aliphatic heterocycles. The molecule has 0 saturated heterocycles. The Morgan fingerprint density at radius 1 is 1.17 bits per heavy atom. The number of hydrogen-bond donors (Lipinski definition) is 1. The average Bonchev–Trinajstić information content (AvgIpc) is 2.75. The normalized spacial score (nSPS) is 11.0. The summed E-state index contributed by atoms with van der Waals surface area (Å²) in [6.07, 6.45) is 1.69. The van der Waals surface area contributed by atoms with Crippen LogP contribution in [-0.4, -0.2) is 41.5 Å². The smallest absolute Gasteiger partial charge is 0.266 e. The van der Waals surface area contributed by atoms with Crippen LogP contribution in [0.25, 0.3) is 16.6 Å². The minimum absolute atomic E-state index is 0.0959. The maximum Gasteiger partial charge on any atom is 0.266 e. The van der Waals surface area contributed by atoms with Gasteiger partial charge in [-0.15, -0.1) is 0 Å². The maximum absolute atomic E-state index is 13.2. The van der Waals surface area contributed by atoms with Crippen LogP contribution in [0.5, 0.6) is 0 Å². The molecule has 0 saturated carbocycles. The van der Waals surface area contributed by atoms with Crippen molar-refractivity contribution in [3.63, 3.8) is 0 Å². The number of carbonyl (C=O) groups excluding carboxylic acids is 1. The Morgan fingerprint density at radius 2 is 1.93 bits per heavy atom. The van der Waals surface area contributed by atoms with Crippen LogP contribution >= 0.6 is 11.8 Å². The summed E-state index contributed by atoms with van der Waals surface area (Å²) in [4.78, 5) is 30.0. The summed E-state index contributed by atoms with van der Waals surface area (Å²) < 4.78 is 6.57. The van der Waals surface area contributed by atoms with Gasteiger partial charge in [0.15, 0.2) is 5.16 Å². The van der Waals surface area contributed by atoms with Gasteiger partial charge >= 0.3 is 0 Å². The number of nitrogens with zero attached hydrogens (tertiary/aromatic N) is 2. The van der Waals surface area contributed by atoms with Crippen molar-refractivity contribution in [1.82, 2.24) is 14.9 Å². The molecular weight excluding hydrogens is 386 g/mol. The summed E-state index contributed by atoms with van der Waals surface area (Å²) in [7, 11) is 1.63. The molecule has 0 aliphatic rings. The average molecular weight is 412 g/mol. The van der Waals surface area contributed by atoms with E-state index in [4.69, 9.17) is 4.74 Å². The zero-order valence-electron chi connectivity index (χ0n) is 16.7. The Bertz CT molecular complexity index is 1030. The van der Waals surface area contributed by atoms with Crippen LogP contribution in [0.4, 0.5) is 0 Å². The van der Waals surface area contributed by atoms with Crippen molar-refractivity contribution < 1.29 is 9.53 Å². The van der Waals surface area contributed by atoms with Gasteiger partial charge in [-0.1, -0.05) is 43.0 Å². The predicted molar refractivity (Wildman–Crippen MR) is 117 cm³/mol. The van der Waals surface area contributed by atoms with Crippen LogP contribution in [0.1, 0.15) is 18.9 Å². The third-order valence-electron chi connectivity index (χ3n) is 4.53. The van der Waals surface area contributed by atoms with E-state index in [-0.39, 0.29) is 17.2 Å². The first kappa shape index (κ1) is 21.1. The second-order valence-corrected chi connectivity index (χ2v) is 7.50. The van der Waals surface area contributed by atoms with E-state index in [1.54, 1.807) is 17.7 Å². The molecule has 0 bridgehead atoms. The van der Waals surface area contributed by atoms with Crippen molar-refractivity contribution >= 4 is 28.6 Å². The summed E-state index contributed by atoms with van der Waals surface area (Å²) in [5.74, 6) is 0.0894. The molecule has 3 aromatic rings. The highest BCUT2D eigenvalue weighted by molar-refractivity contribution is 7.99. The summed E-state index contributed by atoms with van der Waals surface area (Å²) >= 11 is 1.26. The van der Waals surface area contributed by atoms with Crippen LogP contribution in [-0.2, 0) is 16.0 Å². The lowest BCUT2D eigenvalue weighted by atomic mass is 10.1. The van der Waals surface area contributed by atoms with E-state index in [1.165, 1.54) is 17.3 Å². The largest absolute Gasteiger partial charge is 0.385 e. The molecule has 1 N–H and O–H groups in total. The van der Waals surface area contributed by atoms with Gasteiger partial charge in [0.25, 0.3) is 5.56 Å². The van der Waals surface area contributed by atoms with Crippen LogP contribution in [0, 0.1) is 0 Å². The predicted octanol–water partition coefficient (Wildman–Crippen LogP) is 3.19. The van der Waals surface area contributed by atoms with E-state index in [9.17, 15) is 9.59 Å². The number of rotatable bonds is 9. The van der Waals surface area contributed by atoms with Gasteiger partial charge in [-0.05, 0) is 42.7 Å². The standard InChI is InChI=1S/C22H25N3O3S/c1-3-16-9-11-17(12-10-16)25-21(27)18-7-4-5-8-19(18)24-22(25)29-15-20(26)23-13-6-14-28-2/h4-5,7-12H,3,6,13-15H2,1-2H3,(H,23,26). The van der Waals surface area contributed by atoms with Crippen molar-refractivity contribution in [2.45, 2.75) is 24.9 Å². The molecular formula is C22H25N3O3S. The number of ether oxygens (including phenoxy) is 1. The lowest BCUT2D eigenvalue weighted by Gasteiger charge is -2.13. The fraction of sp³-hybridized carbons (Fsp3) is 0.318. The molecule has 0 unspecified atom stereocenters. The van der Waals surface area contributed by atoms with E-state index in [0.717, 1.165) is 18.5 Å². The van der Waals surface area contributed by atoms with Gasteiger partial charge in [-0.25, -0.2) is 4.98 Å². The lowest BCUT2D eigenvalue weighted by molar-refractivity contribution is -0.118. The fourth-order valence-corrected chi connectivity index (χ4v) is 3.79. The molecule has 1 heterocycles. The van der Waals surface area contributed by atoms with Crippen LogP contribution in [0.2, 0.25) is 0 Å². The lowest BCUT2D eigenvalue weighted by Crippen LogP contribution is -2.28. The summed E-state index contributed by atoms with van der Waals surface area (Å²) in [5.41, 5.74) is 2.43. The first-order chi connectivity index (χ1) is 14.1. The monoisotopic (exact) mass is 411 g/mol. The molecule has 29 heavy (non-hydrogen) atoms. The second kappa shape index (κ2) is 10.2. The number of fused-ring (bicyclic) bond motifs is 1. The van der Waals surface area contributed by atoms with E-state index in [1.807, 2.05) is 42.5 Å². The maximum atomic E-state index is 13.2. The molecule has 0 atom stereocenters. The minimum atomic E-state index is -0.136. The highest BCUT2D eigenvalue weighted by Gasteiger charge is 2.14. The third kappa shape index (κ3) is 5.25. The molecule has 1 amide bonds. The third-order valence-corrected chi connectivity index (χ3v) is 5.47. The van der Waals surface area contributed by atoms with E-state index in [0.29, 0.717) is 29.2 Å². The SMILES string of the molecule is CCc1ccc(-n2c(SCC(=O)NCCCOC)nc3ccccc3c2=O)cc1. The molecule has 3 rings (SSSR count). The highest BCUT2D eigenvalue weighted by atomic mass is 32.2. The van der Waals surface area contributed by atoms with E-state index >= 15 is 0 Å². The highest BCUT2D eigenvalue weighted by Crippen LogP contribution is 2.21. The number of nitrogens with one attached hydrogen (secondary N) is 1. The van der Waals surface area contributed by atoms with Gasteiger partial charge in [-0.3, -0.25) is 14.2 Å². The Hall–Kier alpha value is -2.64. The minimum Gasteiger partial charge on any atom is -0.385 e. The van der Waals surface area contributed by atoms with E-state index in [2.05, 4.69) is 17.2 Å². The van der Waals surface area contributed by atoms with Crippen LogP contribution in [0.3, 0.4) is 0 Å². The Morgan fingerprint density at radius 3 is 2.66 bits per heavy atom. The van der Waals surface area contributed by atoms with Crippen LogP contribution < -0.4 is 10.9 Å². The molecule has 0 spiro atoms. The molecule has 2 aromatic carbocycles. The Balaban J connectivity index is 1.90.